The highest BCUT2D eigenvalue weighted by atomic mass is 19.4. The molecule has 1 aliphatic heterocycles. The first-order chi connectivity index (χ1) is 16.8. The van der Waals surface area contributed by atoms with E-state index in [0.29, 0.717) is 35.6 Å². The molecule has 1 aliphatic rings. The molecule has 0 bridgehead atoms. The molecule has 198 valence electrons. The maximum atomic E-state index is 13.2. The van der Waals surface area contributed by atoms with E-state index in [1.165, 1.54) is 18.1 Å². The summed E-state index contributed by atoms with van der Waals surface area (Å²) in [5, 5.41) is 21.9. The lowest BCUT2D eigenvalue weighted by molar-refractivity contribution is -0.137. The summed E-state index contributed by atoms with van der Waals surface area (Å²) >= 11 is 0. The van der Waals surface area contributed by atoms with Crippen LogP contribution in [0.4, 0.5) is 23.8 Å². The predicted molar refractivity (Wildman–Crippen MR) is 126 cm³/mol. The largest absolute Gasteiger partial charge is 0.467 e. The van der Waals surface area contributed by atoms with Crippen LogP contribution in [0, 0.1) is 6.92 Å². The molecule has 2 atom stereocenters. The molecule has 0 radical (unpaired) electrons. The van der Waals surface area contributed by atoms with Crippen molar-refractivity contribution in [2.24, 2.45) is 0 Å². The molecule has 1 amide bonds. The van der Waals surface area contributed by atoms with Crippen LogP contribution in [0.25, 0.3) is 11.3 Å². The lowest BCUT2D eigenvalue weighted by Gasteiger charge is -2.37. The predicted octanol–water partition coefficient (Wildman–Crippen LogP) is 4.24. The Hall–Kier alpha value is -3.12. The Bertz CT molecular complexity index is 1070. The number of halogens is 3. The summed E-state index contributed by atoms with van der Waals surface area (Å²) in [6, 6.07) is 4.27. The van der Waals surface area contributed by atoms with Gasteiger partial charge in [-0.3, -0.25) is 0 Å². The Morgan fingerprint density at radius 2 is 1.94 bits per heavy atom. The zero-order valence-electron chi connectivity index (χ0n) is 20.8. The highest BCUT2D eigenvalue weighted by molar-refractivity contribution is 5.71. The Labute approximate surface area is 207 Å². The molecular weight excluding hydrogens is 481 g/mol. The van der Waals surface area contributed by atoms with Gasteiger partial charge >= 0.3 is 12.3 Å². The summed E-state index contributed by atoms with van der Waals surface area (Å²) in [6.45, 7) is 7.39. The topological polar surface area (TPSA) is 106 Å². The number of amides is 1. The first-order valence-corrected chi connectivity index (χ1v) is 11.4. The quantitative estimate of drug-likeness (QED) is 0.554. The minimum atomic E-state index is -4.54. The maximum absolute atomic E-state index is 13.2. The van der Waals surface area contributed by atoms with Gasteiger partial charge in [-0.2, -0.15) is 13.2 Å². The standard InChI is InChI=1S/C24H31F3N4O5/c1-14-10-20(28-17-12-31(9-8-18(17)32)22(33)36-23(2,3)4)29-30-21(14)16-7-6-15(24(25,26)27)11-19(16)35-13-34-5/h6-7,10-11,17-18,32H,8-9,12-13H2,1-5H3,(H,28,29)/t17-,18-/m0/s1. The monoisotopic (exact) mass is 512 g/mol. The number of carbonyl (C=O) groups excluding carboxylic acids is 1. The van der Waals surface area contributed by atoms with Crippen molar-refractivity contribution in [2.75, 3.05) is 32.3 Å². The van der Waals surface area contributed by atoms with E-state index in [1.807, 2.05) is 0 Å². The van der Waals surface area contributed by atoms with Crippen LogP contribution in [-0.4, -0.2) is 71.0 Å². The average molecular weight is 513 g/mol. The Morgan fingerprint density at radius 1 is 1.22 bits per heavy atom. The van der Waals surface area contributed by atoms with Gasteiger partial charge in [0.1, 0.15) is 17.2 Å². The summed E-state index contributed by atoms with van der Waals surface area (Å²) in [5.41, 5.74) is -0.227. The van der Waals surface area contributed by atoms with Gasteiger partial charge in [-0.1, -0.05) is 0 Å². The number of rotatable bonds is 6. The van der Waals surface area contributed by atoms with Crippen LogP contribution in [0.15, 0.2) is 24.3 Å². The molecule has 1 fully saturated rings. The molecule has 3 rings (SSSR count). The van der Waals surface area contributed by atoms with Gasteiger partial charge in [-0.25, -0.2) is 4.79 Å². The highest BCUT2D eigenvalue weighted by Gasteiger charge is 2.34. The molecule has 1 aromatic heterocycles. The Morgan fingerprint density at radius 3 is 2.56 bits per heavy atom. The molecule has 0 saturated carbocycles. The second kappa shape index (κ2) is 10.9. The van der Waals surface area contributed by atoms with Gasteiger partial charge in [0, 0.05) is 25.8 Å². The maximum Gasteiger partial charge on any atom is 0.416 e. The molecule has 0 spiro atoms. The van der Waals surface area contributed by atoms with E-state index < -0.39 is 35.6 Å². The van der Waals surface area contributed by atoms with Gasteiger partial charge in [-0.15, -0.1) is 10.2 Å². The van der Waals surface area contributed by atoms with Crippen LogP contribution in [0.2, 0.25) is 0 Å². The summed E-state index contributed by atoms with van der Waals surface area (Å²) in [7, 11) is 1.36. The molecule has 9 nitrogen and oxygen atoms in total. The van der Waals surface area contributed by atoms with E-state index in [-0.39, 0.29) is 19.1 Å². The summed E-state index contributed by atoms with van der Waals surface area (Å²) in [4.78, 5) is 14.0. The van der Waals surface area contributed by atoms with E-state index in [2.05, 4.69) is 15.5 Å². The molecule has 1 aromatic carbocycles. The molecule has 2 aromatic rings. The van der Waals surface area contributed by atoms with Gasteiger partial charge in [-0.05, 0) is 63.9 Å². The number of carbonyl (C=O) groups is 1. The number of hydrogen-bond acceptors (Lipinski definition) is 8. The second-order valence-electron chi connectivity index (χ2n) is 9.55. The molecule has 36 heavy (non-hydrogen) atoms. The van der Waals surface area contributed by atoms with Crippen molar-refractivity contribution in [1.29, 1.82) is 0 Å². The SMILES string of the molecule is COCOc1cc(C(F)(F)F)ccc1-c1nnc(N[C@H]2CN(C(=O)OC(C)(C)C)CC[C@@H]2O)cc1C. The summed E-state index contributed by atoms with van der Waals surface area (Å²) in [5.74, 6) is 0.304. The van der Waals surface area contributed by atoms with Crippen LogP contribution in [-0.2, 0) is 15.7 Å². The average Bonchev–Trinajstić information content (AvgIpc) is 2.77. The number of hydrogen-bond donors (Lipinski definition) is 2. The number of piperidine rings is 1. The van der Waals surface area contributed by atoms with Gasteiger partial charge in [0.05, 0.1) is 23.4 Å². The number of ether oxygens (including phenoxy) is 3. The van der Waals surface area contributed by atoms with Crippen LogP contribution >= 0.6 is 0 Å². The van der Waals surface area contributed by atoms with Crippen molar-refractivity contribution in [3.8, 4) is 17.0 Å². The molecule has 0 unspecified atom stereocenters. The van der Waals surface area contributed by atoms with E-state index >= 15 is 0 Å². The Balaban J connectivity index is 1.81. The fraction of sp³-hybridized carbons (Fsp3) is 0.542. The van der Waals surface area contributed by atoms with Crippen molar-refractivity contribution in [3.63, 3.8) is 0 Å². The number of nitrogens with zero attached hydrogens (tertiary/aromatic N) is 3. The molecule has 2 N–H and O–H groups in total. The van der Waals surface area contributed by atoms with Crippen LogP contribution in [0.3, 0.4) is 0 Å². The number of methoxy groups -OCH3 is 1. The first kappa shape index (κ1) is 27.5. The number of aryl methyl sites for hydroxylation is 1. The van der Waals surface area contributed by atoms with Gasteiger partial charge in [0.15, 0.2) is 6.79 Å². The van der Waals surface area contributed by atoms with Crippen LogP contribution in [0.1, 0.15) is 38.3 Å². The molecule has 2 heterocycles. The Kier molecular flexibility index (Phi) is 8.29. The number of aliphatic hydroxyl groups excluding tert-OH is 1. The normalized spacial score (nSPS) is 18.6. The lowest BCUT2D eigenvalue weighted by Crippen LogP contribution is -2.53. The number of alkyl halides is 3. The van der Waals surface area contributed by atoms with Gasteiger partial charge in [0.2, 0.25) is 0 Å². The van der Waals surface area contributed by atoms with E-state index in [9.17, 15) is 23.1 Å². The van der Waals surface area contributed by atoms with E-state index in [4.69, 9.17) is 14.2 Å². The smallest absolute Gasteiger partial charge is 0.416 e. The molecular formula is C24H31F3N4O5. The van der Waals surface area contributed by atoms with Crippen molar-refractivity contribution < 1.29 is 37.3 Å². The number of aromatic nitrogens is 2. The number of anilines is 1. The van der Waals surface area contributed by atoms with E-state index in [1.54, 1.807) is 33.8 Å². The third-order valence-electron chi connectivity index (χ3n) is 5.44. The molecule has 12 heteroatoms. The third-order valence-corrected chi connectivity index (χ3v) is 5.44. The number of nitrogens with one attached hydrogen (secondary N) is 1. The fourth-order valence-corrected chi connectivity index (χ4v) is 3.72. The van der Waals surface area contributed by atoms with Crippen molar-refractivity contribution in [2.45, 2.75) is 58.0 Å². The van der Waals surface area contributed by atoms with Gasteiger partial charge < -0.3 is 29.5 Å². The number of benzene rings is 1. The number of likely N-dealkylation sites (tertiary alicyclic amines) is 1. The van der Waals surface area contributed by atoms with Crippen molar-refractivity contribution in [3.05, 3.63) is 35.4 Å². The van der Waals surface area contributed by atoms with Crippen LogP contribution < -0.4 is 10.1 Å². The van der Waals surface area contributed by atoms with Crippen molar-refractivity contribution in [1.82, 2.24) is 15.1 Å². The lowest BCUT2D eigenvalue weighted by atomic mass is 10.0. The zero-order valence-corrected chi connectivity index (χ0v) is 20.8. The minimum absolute atomic E-state index is 0.0412. The fourth-order valence-electron chi connectivity index (χ4n) is 3.72. The first-order valence-electron chi connectivity index (χ1n) is 11.4. The third kappa shape index (κ3) is 6.97. The van der Waals surface area contributed by atoms with E-state index in [0.717, 1.165) is 12.1 Å². The number of aliphatic hydroxyl groups is 1. The highest BCUT2D eigenvalue weighted by Crippen LogP contribution is 2.37. The van der Waals surface area contributed by atoms with Crippen molar-refractivity contribution >= 4 is 11.9 Å². The summed E-state index contributed by atoms with van der Waals surface area (Å²) in [6.07, 6.45) is -5.38. The zero-order chi connectivity index (χ0) is 26.7. The molecule has 0 aliphatic carbocycles. The van der Waals surface area contributed by atoms with Crippen LogP contribution in [0.5, 0.6) is 5.75 Å². The molecule has 1 saturated heterocycles. The summed E-state index contributed by atoms with van der Waals surface area (Å²) < 4.78 is 55.2. The minimum Gasteiger partial charge on any atom is -0.467 e. The second-order valence-corrected chi connectivity index (χ2v) is 9.55. The van der Waals surface area contributed by atoms with Gasteiger partial charge in [0.25, 0.3) is 0 Å².